The van der Waals surface area contributed by atoms with E-state index in [0.717, 1.165) is 0 Å². The predicted molar refractivity (Wildman–Crippen MR) is 108 cm³/mol. The molecule has 0 spiro atoms. The molecule has 1 aliphatic heterocycles. The van der Waals surface area contributed by atoms with Gasteiger partial charge in [0, 0.05) is 37.6 Å². The molecule has 2 aromatic carbocycles. The van der Waals surface area contributed by atoms with E-state index in [1.54, 1.807) is 47.4 Å². The fraction of sp³-hybridized carbons (Fsp3) is 0.250. The number of nitro groups is 1. The van der Waals surface area contributed by atoms with E-state index in [4.69, 9.17) is 0 Å². The predicted octanol–water partition coefficient (Wildman–Crippen LogP) is 1.65. The lowest BCUT2D eigenvalue weighted by molar-refractivity contribution is -0.384. The highest BCUT2D eigenvalue weighted by Crippen LogP contribution is 2.28. The van der Waals surface area contributed by atoms with Crippen molar-refractivity contribution in [3.63, 3.8) is 0 Å². The standard InChI is InChI=1S/C20H19N5O4/c26-19-13-21-24(16-6-2-1-5-15(16)19)14-20(27)23-11-9-22(10-12-23)17-7-3-4-8-18(17)25(28)29/h1-8,13H,9-12,14H2. The van der Waals surface area contributed by atoms with Gasteiger partial charge in [-0.05, 0) is 18.2 Å². The minimum Gasteiger partial charge on any atom is -0.362 e. The Balaban J connectivity index is 1.46. The summed E-state index contributed by atoms with van der Waals surface area (Å²) in [6, 6.07) is 13.7. The van der Waals surface area contributed by atoms with Crippen LogP contribution in [0, 0.1) is 10.1 Å². The average molecular weight is 393 g/mol. The Bertz CT molecular complexity index is 1130. The second-order valence-electron chi connectivity index (χ2n) is 6.80. The van der Waals surface area contributed by atoms with Gasteiger partial charge in [-0.3, -0.25) is 24.4 Å². The first-order valence-electron chi connectivity index (χ1n) is 9.25. The lowest BCUT2D eigenvalue weighted by Crippen LogP contribution is -2.49. The summed E-state index contributed by atoms with van der Waals surface area (Å²) < 4.78 is 1.54. The number of carbonyl (C=O) groups excluding carboxylic acids is 1. The molecule has 0 radical (unpaired) electrons. The normalized spacial score (nSPS) is 14.2. The Kier molecular flexibility index (Phi) is 4.94. The summed E-state index contributed by atoms with van der Waals surface area (Å²) >= 11 is 0. The number of anilines is 1. The Morgan fingerprint density at radius 2 is 1.72 bits per heavy atom. The van der Waals surface area contributed by atoms with Crippen molar-refractivity contribution in [3.8, 4) is 0 Å². The van der Waals surface area contributed by atoms with Crippen LogP contribution >= 0.6 is 0 Å². The van der Waals surface area contributed by atoms with Gasteiger partial charge in [-0.25, -0.2) is 0 Å². The molecule has 3 aromatic rings. The van der Waals surface area contributed by atoms with Gasteiger partial charge in [-0.15, -0.1) is 0 Å². The molecule has 2 heterocycles. The molecule has 0 unspecified atom stereocenters. The summed E-state index contributed by atoms with van der Waals surface area (Å²) in [6.45, 7) is 1.97. The maximum Gasteiger partial charge on any atom is 0.292 e. The van der Waals surface area contributed by atoms with Crippen LogP contribution in [0.15, 0.2) is 59.5 Å². The van der Waals surface area contributed by atoms with Crippen molar-refractivity contribution in [3.05, 3.63) is 75.1 Å². The molecule has 0 saturated carbocycles. The summed E-state index contributed by atoms with van der Waals surface area (Å²) in [6.07, 6.45) is 1.22. The van der Waals surface area contributed by atoms with Gasteiger partial charge in [0.1, 0.15) is 12.2 Å². The zero-order chi connectivity index (χ0) is 20.4. The lowest BCUT2D eigenvalue weighted by Gasteiger charge is -2.35. The molecule has 0 N–H and O–H groups in total. The molecule has 1 aromatic heterocycles. The largest absolute Gasteiger partial charge is 0.362 e. The molecule has 0 atom stereocenters. The number of hydrogen-bond donors (Lipinski definition) is 0. The number of hydrogen-bond acceptors (Lipinski definition) is 6. The summed E-state index contributed by atoms with van der Waals surface area (Å²) in [5.74, 6) is -0.103. The van der Waals surface area contributed by atoms with Crippen LogP contribution in [0.3, 0.4) is 0 Å². The van der Waals surface area contributed by atoms with E-state index in [1.807, 2.05) is 4.90 Å². The quantitative estimate of drug-likeness (QED) is 0.493. The van der Waals surface area contributed by atoms with Crippen LogP contribution < -0.4 is 10.3 Å². The van der Waals surface area contributed by atoms with Gasteiger partial charge in [-0.1, -0.05) is 24.3 Å². The molecule has 9 nitrogen and oxygen atoms in total. The Morgan fingerprint density at radius 3 is 2.48 bits per heavy atom. The number of fused-ring (bicyclic) bond motifs is 1. The number of rotatable bonds is 4. The van der Waals surface area contributed by atoms with E-state index in [9.17, 15) is 19.7 Å². The number of carbonyl (C=O) groups is 1. The number of nitro benzene ring substituents is 1. The van der Waals surface area contributed by atoms with Crippen molar-refractivity contribution >= 4 is 28.2 Å². The molecule has 9 heteroatoms. The first-order valence-corrected chi connectivity index (χ1v) is 9.25. The SMILES string of the molecule is O=C(Cn1ncc(=O)c2ccccc21)N1CCN(c2ccccc2[N+](=O)[O-])CC1. The van der Waals surface area contributed by atoms with Crippen molar-refractivity contribution in [2.24, 2.45) is 0 Å². The molecule has 1 aliphatic rings. The second-order valence-corrected chi connectivity index (χ2v) is 6.80. The molecule has 1 amide bonds. The fourth-order valence-corrected chi connectivity index (χ4v) is 3.60. The first kappa shape index (κ1) is 18.6. The van der Waals surface area contributed by atoms with Crippen LogP contribution in [0.4, 0.5) is 11.4 Å². The molecule has 148 valence electrons. The van der Waals surface area contributed by atoms with Gasteiger partial charge in [0.05, 0.1) is 16.6 Å². The zero-order valence-electron chi connectivity index (χ0n) is 15.6. The molecule has 4 rings (SSSR count). The maximum absolute atomic E-state index is 12.8. The molecule has 0 aliphatic carbocycles. The van der Waals surface area contributed by atoms with Crippen LogP contribution in [-0.4, -0.2) is 51.7 Å². The first-order chi connectivity index (χ1) is 14.0. The summed E-state index contributed by atoms with van der Waals surface area (Å²) in [5, 5.41) is 15.9. The van der Waals surface area contributed by atoms with Gasteiger partial charge in [0.25, 0.3) is 5.69 Å². The van der Waals surface area contributed by atoms with Gasteiger partial charge in [0.15, 0.2) is 0 Å². The maximum atomic E-state index is 12.8. The Hall–Kier alpha value is -3.75. The Morgan fingerprint density at radius 1 is 1.03 bits per heavy atom. The van der Waals surface area contributed by atoms with E-state index in [0.29, 0.717) is 42.8 Å². The van der Waals surface area contributed by atoms with Crippen molar-refractivity contribution in [1.82, 2.24) is 14.7 Å². The third-order valence-electron chi connectivity index (χ3n) is 5.10. The molecule has 29 heavy (non-hydrogen) atoms. The van der Waals surface area contributed by atoms with Crippen molar-refractivity contribution in [2.45, 2.75) is 6.54 Å². The van der Waals surface area contributed by atoms with Gasteiger partial charge in [0.2, 0.25) is 11.3 Å². The van der Waals surface area contributed by atoms with Gasteiger partial charge < -0.3 is 9.80 Å². The minimum atomic E-state index is -0.389. The monoisotopic (exact) mass is 393 g/mol. The van der Waals surface area contributed by atoms with Crippen LogP contribution in [0.5, 0.6) is 0 Å². The molecular formula is C20H19N5O4. The highest BCUT2D eigenvalue weighted by atomic mass is 16.6. The molecular weight excluding hydrogens is 374 g/mol. The molecule has 0 bridgehead atoms. The van der Waals surface area contributed by atoms with Gasteiger partial charge in [-0.2, -0.15) is 5.10 Å². The van der Waals surface area contributed by atoms with Crippen molar-refractivity contribution < 1.29 is 9.72 Å². The molecule has 1 fully saturated rings. The third kappa shape index (κ3) is 3.66. The molecule has 1 saturated heterocycles. The van der Waals surface area contributed by atoms with Crippen molar-refractivity contribution in [1.29, 1.82) is 0 Å². The van der Waals surface area contributed by atoms with E-state index in [1.165, 1.54) is 16.9 Å². The smallest absolute Gasteiger partial charge is 0.292 e. The van der Waals surface area contributed by atoms with Crippen molar-refractivity contribution in [2.75, 3.05) is 31.1 Å². The summed E-state index contributed by atoms with van der Waals surface area (Å²) in [5.41, 5.74) is 1.07. The number of nitrogens with zero attached hydrogens (tertiary/aromatic N) is 5. The van der Waals surface area contributed by atoms with Crippen LogP contribution in [-0.2, 0) is 11.3 Å². The highest BCUT2D eigenvalue weighted by molar-refractivity contribution is 5.81. The Labute approximate surface area is 165 Å². The third-order valence-corrected chi connectivity index (χ3v) is 5.10. The zero-order valence-corrected chi connectivity index (χ0v) is 15.6. The topological polar surface area (TPSA) is 102 Å². The lowest BCUT2D eigenvalue weighted by atomic mass is 10.2. The number of piperazine rings is 1. The minimum absolute atomic E-state index is 0.0340. The van der Waals surface area contributed by atoms with Crippen LogP contribution in [0.25, 0.3) is 10.9 Å². The summed E-state index contributed by atoms with van der Waals surface area (Å²) in [7, 11) is 0. The van der Waals surface area contributed by atoms with E-state index >= 15 is 0 Å². The fourth-order valence-electron chi connectivity index (χ4n) is 3.60. The van der Waals surface area contributed by atoms with Crippen LogP contribution in [0.1, 0.15) is 0 Å². The second kappa shape index (κ2) is 7.70. The number of aromatic nitrogens is 2. The van der Waals surface area contributed by atoms with E-state index in [-0.39, 0.29) is 28.5 Å². The average Bonchev–Trinajstić information content (AvgIpc) is 2.76. The van der Waals surface area contributed by atoms with Gasteiger partial charge >= 0.3 is 0 Å². The number of para-hydroxylation sites is 3. The highest BCUT2D eigenvalue weighted by Gasteiger charge is 2.25. The van der Waals surface area contributed by atoms with E-state index in [2.05, 4.69) is 5.10 Å². The summed E-state index contributed by atoms with van der Waals surface area (Å²) in [4.78, 5) is 39.2. The van der Waals surface area contributed by atoms with E-state index < -0.39 is 0 Å². The van der Waals surface area contributed by atoms with Crippen LogP contribution in [0.2, 0.25) is 0 Å². The number of amides is 1. The number of benzene rings is 2.